The Hall–Kier alpha value is -1.06. The summed E-state index contributed by atoms with van der Waals surface area (Å²) < 4.78 is 2.08. The molecule has 4 heteroatoms. The summed E-state index contributed by atoms with van der Waals surface area (Å²) in [5.41, 5.74) is 3.29. The van der Waals surface area contributed by atoms with E-state index in [2.05, 4.69) is 21.6 Å². The third-order valence-electron chi connectivity index (χ3n) is 3.58. The van der Waals surface area contributed by atoms with Crippen molar-refractivity contribution in [3.63, 3.8) is 0 Å². The van der Waals surface area contributed by atoms with Crippen LogP contribution in [0.25, 0.3) is 5.65 Å². The van der Waals surface area contributed by atoms with E-state index in [0.29, 0.717) is 0 Å². The van der Waals surface area contributed by atoms with E-state index in [1.165, 1.54) is 17.8 Å². The molecule has 3 rings (SSSR count). The van der Waals surface area contributed by atoms with Crippen LogP contribution in [0.4, 0.5) is 0 Å². The van der Waals surface area contributed by atoms with Crippen molar-refractivity contribution in [3.05, 3.63) is 34.7 Å². The predicted octanol–water partition coefficient (Wildman–Crippen LogP) is 2.45. The number of aromatic nitrogens is 2. The number of imidazole rings is 1. The minimum absolute atomic E-state index is 0.720. The monoisotopic (exact) mass is 249 g/mol. The number of hydrogen-bond donors (Lipinski definition) is 1. The molecule has 3 nitrogen and oxygen atoms in total. The van der Waals surface area contributed by atoms with Crippen LogP contribution in [-0.4, -0.2) is 22.5 Å². The first-order valence-electron chi connectivity index (χ1n) is 6.08. The summed E-state index contributed by atoms with van der Waals surface area (Å²) in [4.78, 5) is 4.68. The number of hydrogen-bond acceptors (Lipinski definition) is 2. The Balaban J connectivity index is 1.99. The van der Waals surface area contributed by atoms with Crippen molar-refractivity contribution >= 4 is 17.2 Å². The summed E-state index contributed by atoms with van der Waals surface area (Å²) in [5.74, 6) is 0.720. The summed E-state index contributed by atoms with van der Waals surface area (Å²) in [7, 11) is 0. The fourth-order valence-corrected chi connectivity index (χ4v) is 2.76. The van der Waals surface area contributed by atoms with Crippen LogP contribution < -0.4 is 5.32 Å². The molecule has 0 amide bonds. The molecule has 17 heavy (non-hydrogen) atoms. The predicted molar refractivity (Wildman–Crippen MR) is 69.6 cm³/mol. The van der Waals surface area contributed by atoms with Crippen LogP contribution in [0, 0.1) is 12.8 Å². The molecule has 3 heterocycles. The van der Waals surface area contributed by atoms with Crippen LogP contribution in [-0.2, 0) is 6.42 Å². The lowest BCUT2D eigenvalue weighted by molar-refractivity contribution is 0.571. The topological polar surface area (TPSA) is 29.3 Å². The molecule has 0 bridgehead atoms. The standard InChI is InChI=1S/C13H16ClN3/c1-9-12(7-10-4-5-15-8-10)16-13-11(14)3-2-6-17(9)13/h2-3,6,10,15H,4-5,7-8H2,1H3. The van der Waals surface area contributed by atoms with E-state index >= 15 is 0 Å². The quantitative estimate of drug-likeness (QED) is 0.886. The van der Waals surface area contributed by atoms with Crippen molar-refractivity contribution in [1.29, 1.82) is 0 Å². The number of aryl methyl sites for hydroxylation is 1. The zero-order chi connectivity index (χ0) is 11.8. The zero-order valence-corrected chi connectivity index (χ0v) is 10.7. The van der Waals surface area contributed by atoms with E-state index in [0.717, 1.165) is 36.1 Å². The van der Waals surface area contributed by atoms with Gasteiger partial charge in [-0.1, -0.05) is 11.6 Å². The highest BCUT2D eigenvalue weighted by atomic mass is 35.5. The maximum atomic E-state index is 6.16. The first-order chi connectivity index (χ1) is 8.25. The smallest absolute Gasteiger partial charge is 0.156 e. The Labute approximate surface area is 106 Å². The number of pyridine rings is 1. The number of rotatable bonds is 2. The molecule has 0 saturated carbocycles. The van der Waals surface area contributed by atoms with Crippen LogP contribution in [0.2, 0.25) is 5.02 Å². The summed E-state index contributed by atoms with van der Waals surface area (Å²) in [6.45, 7) is 4.37. The molecular formula is C13H16ClN3. The zero-order valence-electron chi connectivity index (χ0n) is 9.91. The van der Waals surface area contributed by atoms with Gasteiger partial charge < -0.3 is 9.72 Å². The molecule has 2 aromatic rings. The first kappa shape index (κ1) is 11.1. The van der Waals surface area contributed by atoms with Crippen molar-refractivity contribution in [1.82, 2.24) is 14.7 Å². The number of nitrogens with one attached hydrogen (secondary N) is 1. The second-order valence-corrected chi connectivity index (χ2v) is 5.16. The SMILES string of the molecule is Cc1c(CC2CCNC2)nc2c(Cl)cccn12. The van der Waals surface area contributed by atoms with Gasteiger partial charge >= 0.3 is 0 Å². The van der Waals surface area contributed by atoms with E-state index < -0.39 is 0 Å². The maximum Gasteiger partial charge on any atom is 0.156 e. The van der Waals surface area contributed by atoms with Crippen molar-refractivity contribution in [3.8, 4) is 0 Å². The van der Waals surface area contributed by atoms with E-state index in [9.17, 15) is 0 Å². The largest absolute Gasteiger partial charge is 0.316 e. The second-order valence-electron chi connectivity index (χ2n) is 4.76. The van der Waals surface area contributed by atoms with Crippen molar-refractivity contribution in [2.75, 3.05) is 13.1 Å². The van der Waals surface area contributed by atoms with Gasteiger partial charge in [-0.3, -0.25) is 0 Å². The van der Waals surface area contributed by atoms with Gasteiger partial charge in [0, 0.05) is 11.9 Å². The van der Waals surface area contributed by atoms with Crippen LogP contribution >= 0.6 is 11.6 Å². The number of fused-ring (bicyclic) bond motifs is 1. The van der Waals surface area contributed by atoms with Crippen molar-refractivity contribution in [2.24, 2.45) is 5.92 Å². The van der Waals surface area contributed by atoms with E-state index in [-0.39, 0.29) is 0 Å². The minimum atomic E-state index is 0.720. The fraction of sp³-hybridized carbons (Fsp3) is 0.462. The molecule has 90 valence electrons. The van der Waals surface area contributed by atoms with E-state index in [1.54, 1.807) is 0 Å². The van der Waals surface area contributed by atoms with Gasteiger partial charge in [-0.05, 0) is 50.9 Å². The molecule has 1 aliphatic heterocycles. The van der Waals surface area contributed by atoms with Gasteiger partial charge in [0.15, 0.2) is 5.65 Å². The van der Waals surface area contributed by atoms with E-state index in [4.69, 9.17) is 11.6 Å². The average Bonchev–Trinajstić information content (AvgIpc) is 2.92. The van der Waals surface area contributed by atoms with Gasteiger partial charge in [0.2, 0.25) is 0 Å². The molecule has 2 aromatic heterocycles. The molecule has 1 atom stereocenters. The van der Waals surface area contributed by atoms with Crippen LogP contribution in [0.1, 0.15) is 17.8 Å². The number of halogens is 1. The van der Waals surface area contributed by atoms with Crippen LogP contribution in [0.15, 0.2) is 18.3 Å². The molecule has 0 spiro atoms. The minimum Gasteiger partial charge on any atom is -0.316 e. The van der Waals surface area contributed by atoms with Gasteiger partial charge in [-0.15, -0.1) is 0 Å². The van der Waals surface area contributed by atoms with Gasteiger partial charge in [0.05, 0.1) is 10.7 Å². The van der Waals surface area contributed by atoms with Crippen LogP contribution in [0.3, 0.4) is 0 Å². The molecule has 1 fully saturated rings. The van der Waals surface area contributed by atoms with Gasteiger partial charge in [-0.2, -0.15) is 0 Å². The first-order valence-corrected chi connectivity index (χ1v) is 6.46. The lowest BCUT2D eigenvalue weighted by atomic mass is 10.0. The third kappa shape index (κ3) is 1.94. The molecule has 0 aliphatic carbocycles. The lowest BCUT2D eigenvalue weighted by Crippen LogP contribution is -2.11. The molecular weight excluding hydrogens is 234 g/mol. The van der Waals surface area contributed by atoms with Gasteiger partial charge in [-0.25, -0.2) is 4.98 Å². The average molecular weight is 250 g/mol. The van der Waals surface area contributed by atoms with Crippen LogP contribution in [0.5, 0.6) is 0 Å². The highest BCUT2D eigenvalue weighted by Crippen LogP contribution is 2.22. The highest BCUT2D eigenvalue weighted by Gasteiger charge is 2.18. The van der Waals surface area contributed by atoms with Gasteiger partial charge in [0.25, 0.3) is 0 Å². The Morgan fingerprint density at radius 2 is 2.47 bits per heavy atom. The summed E-state index contributed by atoms with van der Waals surface area (Å²) in [6, 6.07) is 3.86. The van der Waals surface area contributed by atoms with Crippen molar-refractivity contribution in [2.45, 2.75) is 19.8 Å². The Morgan fingerprint density at radius 3 is 3.18 bits per heavy atom. The molecule has 0 aromatic carbocycles. The summed E-state index contributed by atoms with van der Waals surface area (Å²) >= 11 is 6.16. The second kappa shape index (κ2) is 4.31. The van der Waals surface area contributed by atoms with Crippen molar-refractivity contribution < 1.29 is 0 Å². The Kier molecular flexibility index (Phi) is 2.81. The molecule has 1 N–H and O–H groups in total. The molecule has 1 unspecified atom stereocenters. The summed E-state index contributed by atoms with van der Waals surface area (Å²) in [6.07, 6.45) is 4.33. The molecule has 1 aliphatic rings. The van der Waals surface area contributed by atoms with E-state index in [1.807, 2.05) is 18.3 Å². The number of nitrogens with zero attached hydrogens (tertiary/aromatic N) is 2. The Bertz CT molecular complexity index is 541. The Morgan fingerprint density at radius 1 is 1.59 bits per heavy atom. The summed E-state index contributed by atoms with van der Waals surface area (Å²) in [5, 5.41) is 4.12. The third-order valence-corrected chi connectivity index (χ3v) is 3.88. The lowest BCUT2D eigenvalue weighted by Gasteiger charge is -2.05. The molecule has 0 radical (unpaired) electrons. The normalized spacial score (nSPS) is 20.2. The van der Waals surface area contributed by atoms with Gasteiger partial charge in [0.1, 0.15) is 0 Å². The maximum absolute atomic E-state index is 6.16. The highest BCUT2D eigenvalue weighted by molar-refractivity contribution is 6.33. The molecule has 1 saturated heterocycles. The fourth-order valence-electron chi connectivity index (χ4n) is 2.55.